The van der Waals surface area contributed by atoms with E-state index in [4.69, 9.17) is 14.9 Å². The van der Waals surface area contributed by atoms with Crippen LogP contribution in [0, 0.1) is 0 Å². The Morgan fingerprint density at radius 3 is 2.67 bits per heavy atom. The van der Waals surface area contributed by atoms with Gasteiger partial charge in [0.2, 0.25) is 0 Å². The molecule has 4 N–H and O–H groups in total. The van der Waals surface area contributed by atoms with Gasteiger partial charge in [-0.3, -0.25) is 0 Å². The highest BCUT2D eigenvalue weighted by Crippen LogP contribution is 2.22. The predicted octanol–water partition coefficient (Wildman–Crippen LogP) is -0.311. The number of amides is 2. The fraction of sp³-hybridized carbons (Fsp3) is 0.818. The maximum atomic E-state index is 11.4. The van der Waals surface area contributed by atoms with E-state index >= 15 is 0 Å². The number of ether oxygens (including phenoxy) is 1. The van der Waals surface area contributed by atoms with E-state index in [0.717, 1.165) is 12.8 Å². The first-order valence-corrected chi connectivity index (χ1v) is 6.09. The molecule has 0 aromatic heterocycles. The number of nitrogens with one attached hydrogen (secondary N) is 2. The Bertz CT molecular complexity index is 291. The molecule has 0 bridgehead atoms. The Kier molecular flexibility index (Phi) is 5.87. The molecule has 0 aromatic carbocycles. The highest BCUT2D eigenvalue weighted by atomic mass is 16.5. The highest BCUT2D eigenvalue weighted by molar-refractivity contribution is 5.74. The standard InChI is InChI=1S/C11H20N2O5/c1-2-18-8-5-7(6-8)13-11(17)12-4-3-9(14)10(15)16/h7-9,14H,2-6H2,1H3,(H,15,16)(H2,12,13,17)/t7?,8?,9-/m0/s1. The fourth-order valence-corrected chi connectivity index (χ4v) is 1.74. The number of aliphatic hydroxyl groups excluding tert-OH is 1. The van der Waals surface area contributed by atoms with E-state index in [1.54, 1.807) is 0 Å². The van der Waals surface area contributed by atoms with Crippen LogP contribution < -0.4 is 10.6 Å². The van der Waals surface area contributed by atoms with Crippen molar-refractivity contribution in [3.8, 4) is 0 Å². The summed E-state index contributed by atoms with van der Waals surface area (Å²) >= 11 is 0. The van der Waals surface area contributed by atoms with Gasteiger partial charge in [0.1, 0.15) is 0 Å². The molecule has 0 radical (unpaired) electrons. The molecular weight excluding hydrogens is 240 g/mol. The van der Waals surface area contributed by atoms with Gasteiger partial charge in [0.15, 0.2) is 6.10 Å². The van der Waals surface area contributed by atoms with Gasteiger partial charge in [0.25, 0.3) is 0 Å². The molecule has 0 saturated heterocycles. The van der Waals surface area contributed by atoms with Crippen LogP contribution in [-0.2, 0) is 9.53 Å². The number of rotatable bonds is 7. The zero-order valence-corrected chi connectivity index (χ0v) is 10.4. The van der Waals surface area contributed by atoms with Crippen molar-refractivity contribution in [3.05, 3.63) is 0 Å². The minimum absolute atomic E-state index is 0.00497. The molecule has 7 heteroatoms. The Balaban J connectivity index is 2.03. The van der Waals surface area contributed by atoms with Crippen LogP contribution >= 0.6 is 0 Å². The van der Waals surface area contributed by atoms with Crippen molar-refractivity contribution < 1.29 is 24.5 Å². The maximum absolute atomic E-state index is 11.4. The number of aliphatic carboxylic acids is 1. The Morgan fingerprint density at radius 1 is 1.44 bits per heavy atom. The first-order chi connectivity index (χ1) is 8.52. The fourth-order valence-electron chi connectivity index (χ4n) is 1.74. The van der Waals surface area contributed by atoms with Gasteiger partial charge < -0.3 is 25.6 Å². The molecule has 104 valence electrons. The molecule has 18 heavy (non-hydrogen) atoms. The van der Waals surface area contributed by atoms with Crippen LogP contribution in [-0.4, -0.2) is 53.6 Å². The second-order valence-corrected chi connectivity index (χ2v) is 4.29. The van der Waals surface area contributed by atoms with Crippen molar-refractivity contribution in [2.24, 2.45) is 0 Å². The third-order valence-corrected chi connectivity index (χ3v) is 2.82. The number of urea groups is 1. The summed E-state index contributed by atoms with van der Waals surface area (Å²) in [5.41, 5.74) is 0. The second kappa shape index (κ2) is 7.17. The van der Waals surface area contributed by atoms with Gasteiger partial charge >= 0.3 is 12.0 Å². The van der Waals surface area contributed by atoms with Crippen LogP contribution in [0.2, 0.25) is 0 Å². The van der Waals surface area contributed by atoms with Crippen LogP contribution in [0.15, 0.2) is 0 Å². The van der Waals surface area contributed by atoms with Gasteiger partial charge in [-0.2, -0.15) is 0 Å². The van der Waals surface area contributed by atoms with Crippen molar-refractivity contribution in [2.45, 2.75) is 44.4 Å². The number of aliphatic hydroxyl groups is 1. The van der Waals surface area contributed by atoms with Crippen LogP contribution in [0.4, 0.5) is 4.79 Å². The molecule has 0 spiro atoms. The minimum Gasteiger partial charge on any atom is -0.479 e. The average molecular weight is 260 g/mol. The summed E-state index contributed by atoms with van der Waals surface area (Å²) in [5, 5.41) is 22.7. The summed E-state index contributed by atoms with van der Waals surface area (Å²) < 4.78 is 5.36. The van der Waals surface area contributed by atoms with Gasteiger partial charge in [0, 0.05) is 25.6 Å². The molecule has 1 rings (SSSR count). The van der Waals surface area contributed by atoms with Crippen LogP contribution in [0.5, 0.6) is 0 Å². The number of carbonyl (C=O) groups excluding carboxylic acids is 1. The normalized spacial score (nSPS) is 23.9. The maximum Gasteiger partial charge on any atom is 0.332 e. The van der Waals surface area contributed by atoms with E-state index in [9.17, 15) is 9.59 Å². The largest absolute Gasteiger partial charge is 0.479 e. The number of hydrogen-bond donors (Lipinski definition) is 4. The molecule has 0 aromatic rings. The molecule has 1 saturated carbocycles. The third kappa shape index (κ3) is 4.89. The van der Waals surface area contributed by atoms with E-state index in [1.807, 2.05) is 6.92 Å². The molecule has 1 aliphatic rings. The molecule has 2 amide bonds. The topological polar surface area (TPSA) is 108 Å². The first-order valence-electron chi connectivity index (χ1n) is 6.09. The predicted molar refractivity (Wildman–Crippen MR) is 63.2 cm³/mol. The Hall–Kier alpha value is -1.34. The summed E-state index contributed by atoms with van der Waals surface area (Å²) in [5.74, 6) is -1.28. The second-order valence-electron chi connectivity index (χ2n) is 4.29. The van der Waals surface area contributed by atoms with Crippen LogP contribution in [0.3, 0.4) is 0 Å². The lowest BCUT2D eigenvalue weighted by molar-refractivity contribution is -0.146. The van der Waals surface area contributed by atoms with Crippen molar-refractivity contribution in [1.82, 2.24) is 10.6 Å². The van der Waals surface area contributed by atoms with Crippen LogP contribution in [0.1, 0.15) is 26.2 Å². The quantitative estimate of drug-likeness (QED) is 0.502. The van der Waals surface area contributed by atoms with E-state index in [-0.39, 0.29) is 31.1 Å². The lowest BCUT2D eigenvalue weighted by atomic mass is 9.89. The molecule has 0 heterocycles. The number of carbonyl (C=O) groups is 2. The van der Waals surface area contributed by atoms with Crippen LogP contribution in [0.25, 0.3) is 0 Å². The zero-order valence-electron chi connectivity index (χ0n) is 10.4. The van der Waals surface area contributed by atoms with Crippen molar-refractivity contribution >= 4 is 12.0 Å². The SMILES string of the molecule is CCOC1CC(NC(=O)NCC[C@H](O)C(=O)O)C1. The summed E-state index contributed by atoms with van der Waals surface area (Å²) in [7, 11) is 0. The van der Waals surface area contributed by atoms with Crippen molar-refractivity contribution in [2.75, 3.05) is 13.2 Å². The number of hydrogen-bond acceptors (Lipinski definition) is 4. The van der Waals surface area contributed by atoms with Crippen molar-refractivity contribution in [3.63, 3.8) is 0 Å². The van der Waals surface area contributed by atoms with Gasteiger partial charge in [-0.05, 0) is 19.8 Å². The molecule has 7 nitrogen and oxygen atoms in total. The van der Waals surface area contributed by atoms with Gasteiger partial charge in [0.05, 0.1) is 6.10 Å². The van der Waals surface area contributed by atoms with Crippen molar-refractivity contribution in [1.29, 1.82) is 0 Å². The Labute approximate surface area is 106 Å². The zero-order chi connectivity index (χ0) is 13.5. The average Bonchev–Trinajstić information content (AvgIpc) is 2.26. The molecule has 1 fully saturated rings. The lowest BCUT2D eigenvalue weighted by Crippen LogP contribution is -2.51. The van der Waals surface area contributed by atoms with Gasteiger partial charge in [-0.15, -0.1) is 0 Å². The van der Waals surface area contributed by atoms with Gasteiger partial charge in [-0.25, -0.2) is 9.59 Å². The minimum atomic E-state index is -1.43. The van der Waals surface area contributed by atoms with E-state index in [0.29, 0.717) is 6.61 Å². The third-order valence-electron chi connectivity index (χ3n) is 2.82. The molecule has 1 aliphatic carbocycles. The van der Waals surface area contributed by atoms with E-state index < -0.39 is 12.1 Å². The molecule has 1 atom stereocenters. The van der Waals surface area contributed by atoms with E-state index in [1.165, 1.54) is 0 Å². The molecule has 0 aliphatic heterocycles. The number of carboxylic acid groups (broad SMARTS) is 1. The highest BCUT2D eigenvalue weighted by Gasteiger charge is 2.30. The van der Waals surface area contributed by atoms with Gasteiger partial charge in [-0.1, -0.05) is 0 Å². The summed E-state index contributed by atoms with van der Waals surface area (Å²) in [6, 6.07) is -0.224. The molecule has 0 unspecified atom stereocenters. The Morgan fingerprint density at radius 2 is 2.11 bits per heavy atom. The number of carboxylic acids is 1. The summed E-state index contributed by atoms with van der Waals surface area (Å²) in [4.78, 5) is 21.7. The van der Waals surface area contributed by atoms with E-state index in [2.05, 4.69) is 10.6 Å². The first kappa shape index (κ1) is 14.7. The molecular formula is C11H20N2O5. The smallest absolute Gasteiger partial charge is 0.332 e. The monoisotopic (exact) mass is 260 g/mol. The summed E-state index contributed by atoms with van der Waals surface area (Å²) in [6.45, 7) is 2.73. The lowest BCUT2D eigenvalue weighted by Gasteiger charge is -2.35. The summed E-state index contributed by atoms with van der Waals surface area (Å²) in [6.07, 6.45) is 0.401.